The Morgan fingerprint density at radius 3 is 2.45 bits per heavy atom. The third kappa shape index (κ3) is 4.88. The third-order valence-electron chi connectivity index (χ3n) is 4.13. The number of hydrogen-bond acceptors (Lipinski definition) is 8. The van der Waals surface area contributed by atoms with Crippen LogP contribution in [0.15, 0.2) is 47.1 Å². The minimum Gasteiger partial charge on any atom is -0.494 e. The van der Waals surface area contributed by atoms with Crippen molar-refractivity contribution in [1.29, 1.82) is 5.26 Å². The zero-order valence-electron chi connectivity index (χ0n) is 16.7. The number of para-hydroxylation sites is 1. The molecule has 0 saturated carbocycles. The Bertz CT molecular complexity index is 881. The van der Waals surface area contributed by atoms with Gasteiger partial charge in [-0.2, -0.15) is 5.26 Å². The Morgan fingerprint density at radius 2 is 1.83 bits per heavy atom. The van der Waals surface area contributed by atoms with Gasteiger partial charge in [-0.15, -0.1) is 0 Å². The van der Waals surface area contributed by atoms with Crippen LogP contribution >= 0.6 is 0 Å². The van der Waals surface area contributed by atoms with Crippen LogP contribution in [0.2, 0.25) is 0 Å². The zero-order chi connectivity index (χ0) is 21.4. The molecule has 0 bridgehead atoms. The monoisotopic (exact) mass is 400 g/mol. The van der Waals surface area contributed by atoms with Gasteiger partial charge < -0.3 is 24.7 Å². The lowest BCUT2D eigenvalue weighted by Crippen LogP contribution is -2.27. The van der Waals surface area contributed by atoms with E-state index in [2.05, 4.69) is 0 Å². The summed E-state index contributed by atoms with van der Waals surface area (Å²) in [5.41, 5.74) is 6.58. The van der Waals surface area contributed by atoms with E-state index in [1.807, 2.05) is 13.0 Å². The smallest absolute Gasteiger partial charge is 0.338 e. The lowest BCUT2D eigenvalue weighted by atomic mass is 9.82. The van der Waals surface area contributed by atoms with Gasteiger partial charge in [0.25, 0.3) is 0 Å². The number of nitriles is 1. The second-order valence-corrected chi connectivity index (χ2v) is 5.93. The number of rotatable bonds is 8. The van der Waals surface area contributed by atoms with E-state index in [4.69, 9.17) is 24.7 Å². The first kappa shape index (κ1) is 21.8. The van der Waals surface area contributed by atoms with Gasteiger partial charge in [0, 0.05) is 5.56 Å². The van der Waals surface area contributed by atoms with Crippen molar-refractivity contribution in [2.75, 3.05) is 19.8 Å². The van der Waals surface area contributed by atoms with Crippen LogP contribution in [0.25, 0.3) is 0 Å². The van der Waals surface area contributed by atoms with Gasteiger partial charge in [0.05, 0.1) is 31.3 Å². The van der Waals surface area contributed by atoms with E-state index < -0.39 is 17.9 Å². The highest BCUT2D eigenvalue weighted by Gasteiger charge is 2.39. The predicted octanol–water partition coefficient (Wildman–Crippen LogP) is 2.66. The fourth-order valence-electron chi connectivity index (χ4n) is 3.04. The summed E-state index contributed by atoms with van der Waals surface area (Å²) in [5.74, 6) is -1.90. The van der Waals surface area contributed by atoms with Gasteiger partial charge in [0.2, 0.25) is 5.88 Å². The van der Waals surface area contributed by atoms with Crippen molar-refractivity contribution in [3.8, 4) is 11.8 Å². The Kier molecular flexibility index (Phi) is 7.66. The number of carbonyl (C=O) groups excluding carboxylic acids is 2. The Morgan fingerprint density at radius 1 is 1.14 bits per heavy atom. The maximum Gasteiger partial charge on any atom is 0.338 e. The van der Waals surface area contributed by atoms with Crippen molar-refractivity contribution in [2.45, 2.75) is 33.1 Å². The molecule has 8 heteroatoms. The van der Waals surface area contributed by atoms with Crippen molar-refractivity contribution in [3.63, 3.8) is 0 Å². The first-order chi connectivity index (χ1) is 14.0. The SMILES string of the molecule is CCOC(=O)CC1=C(C(=O)OCC)[C@@H](c2ccccc2OCC)C(C#N)=C(N)O1. The fraction of sp³-hybridized carbons (Fsp3) is 0.381. The van der Waals surface area contributed by atoms with Crippen molar-refractivity contribution in [3.05, 3.63) is 52.6 Å². The van der Waals surface area contributed by atoms with Crippen LogP contribution < -0.4 is 10.5 Å². The Balaban J connectivity index is 2.70. The van der Waals surface area contributed by atoms with Gasteiger partial charge >= 0.3 is 11.9 Å². The van der Waals surface area contributed by atoms with Crippen molar-refractivity contribution in [2.24, 2.45) is 5.73 Å². The average Bonchev–Trinajstić information content (AvgIpc) is 2.68. The summed E-state index contributed by atoms with van der Waals surface area (Å²) < 4.78 is 21.4. The highest BCUT2D eigenvalue weighted by molar-refractivity contribution is 5.94. The number of allylic oxidation sites excluding steroid dienone is 1. The molecule has 0 aliphatic carbocycles. The summed E-state index contributed by atoms with van der Waals surface area (Å²) in [7, 11) is 0. The highest BCUT2D eigenvalue weighted by Crippen LogP contribution is 2.43. The predicted molar refractivity (Wildman–Crippen MR) is 103 cm³/mol. The first-order valence-electron chi connectivity index (χ1n) is 9.33. The summed E-state index contributed by atoms with van der Waals surface area (Å²) in [6.45, 7) is 5.82. The molecule has 1 atom stereocenters. The summed E-state index contributed by atoms with van der Waals surface area (Å²) in [5, 5.41) is 9.72. The summed E-state index contributed by atoms with van der Waals surface area (Å²) >= 11 is 0. The van der Waals surface area contributed by atoms with Gasteiger partial charge in [-0.3, -0.25) is 4.79 Å². The quantitative estimate of drug-likeness (QED) is 0.661. The lowest BCUT2D eigenvalue weighted by Gasteiger charge is -2.28. The average molecular weight is 400 g/mol. The largest absolute Gasteiger partial charge is 0.494 e. The van der Waals surface area contributed by atoms with Crippen LogP contribution in [0.1, 0.15) is 38.7 Å². The molecule has 2 rings (SSSR count). The van der Waals surface area contributed by atoms with Crippen molar-refractivity contribution in [1.82, 2.24) is 0 Å². The second kappa shape index (κ2) is 10.2. The highest BCUT2D eigenvalue weighted by atomic mass is 16.5. The van der Waals surface area contributed by atoms with E-state index in [-0.39, 0.29) is 42.4 Å². The standard InChI is InChI=1S/C21H24N2O6/c1-4-26-15-10-8-7-9-13(15)18-14(12-22)20(23)29-16(11-17(24)27-5-2)19(18)21(25)28-6-3/h7-10,18H,4-6,11,23H2,1-3H3/t18-/m0/s1. The van der Waals surface area contributed by atoms with E-state index in [0.717, 1.165) is 0 Å². The molecule has 29 heavy (non-hydrogen) atoms. The van der Waals surface area contributed by atoms with Gasteiger partial charge in [-0.25, -0.2) is 4.79 Å². The third-order valence-corrected chi connectivity index (χ3v) is 4.13. The number of carbonyl (C=O) groups is 2. The molecule has 154 valence electrons. The molecular formula is C21H24N2O6. The van der Waals surface area contributed by atoms with Crippen LogP contribution in [0, 0.1) is 11.3 Å². The molecule has 0 amide bonds. The maximum absolute atomic E-state index is 12.8. The number of nitrogens with zero attached hydrogens (tertiary/aromatic N) is 1. The van der Waals surface area contributed by atoms with Crippen LogP contribution in [0.5, 0.6) is 5.75 Å². The molecule has 0 spiro atoms. The fourth-order valence-corrected chi connectivity index (χ4v) is 3.04. The van der Waals surface area contributed by atoms with Crippen LogP contribution in [0.3, 0.4) is 0 Å². The molecule has 1 heterocycles. The Labute approximate surface area is 169 Å². The van der Waals surface area contributed by atoms with E-state index in [1.165, 1.54) is 0 Å². The number of hydrogen-bond donors (Lipinski definition) is 1. The van der Waals surface area contributed by atoms with Crippen LogP contribution in [0.4, 0.5) is 0 Å². The number of esters is 2. The molecule has 0 saturated heterocycles. The molecule has 0 aromatic heterocycles. The van der Waals surface area contributed by atoms with E-state index >= 15 is 0 Å². The zero-order valence-corrected chi connectivity index (χ0v) is 16.7. The van der Waals surface area contributed by atoms with E-state index in [9.17, 15) is 14.9 Å². The van der Waals surface area contributed by atoms with Gasteiger partial charge in [0.1, 0.15) is 29.6 Å². The normalized spacial score (nSPS) is 16.0. The topological polar surface area (TPSA) is 121 Å². The summed E-state index contributed by atoms with van der Waals surface area (Å²) in [6, 6.07) is 9.01. The van der Waals surface area contributed by atoms with Crippen LogP contribution in [-0.4, -0.2) is 31.8 Å². The number of ether oxygens (including phenoxy) is 4. The minimum absolute atomic E-state index is 0.00491. The molecule has 8 nitrogen and oxygen atoms in total. The second-order valence-electron chi connectivity index (χ2n) is 5.93. The molecule has 0 unspecified atom stereocenters. The number of nitrogens with two attached hydrogens (primary N) is 1. The summed E-state index contributed by atoms with van der Waals surface area (Å²) in [6.07, 6.45) is -0.325. The molecule has 2 N–H and O–H groups in total. The Hall–Kier alpha value is -3.47. The van der Waals surface area contributed by atoms with Crippen molar-refractivity contribution < 1.29 is 28.5 Å². The molecule has 0 radical (unpaired) electrons. The number of benzene rings is 1. The van der Waals surface area contributed by atoms with Gasteiger partial charge in [-0.1, -0.05) is 18.2 Å². The lowest BCUT2D eigenvalue weighted by molar-refractivity contribution is -0.143. The molecule has 1 aromatic rings. The summed E-state index contributed by atoms with van der Waals surface area (Å²) in [4.78, 5) is 24.9. The minimum atomic E-state index is -0.903. The van der Waals surface area contributed by atoms with E-state index in [0.29, 0.717) is 17.9 Å². The molecule has 1 aliphatic rings. The molecular weight excluding hydrogens is 376 g/mol. The van der Waals surface area contributed by atoms with E-state index in [1.54, 1.807) is 38.1 Å². The maximum atomic E-state index is 12.8. The molecule has 1 aromatic carbocycles. The molecule has 0 fully saturated rings. The first-order valence-corrected chi connectivity index (χ1v) is 9.33. The van der Waals surface area contributed by atoms with Crippen LogP contribution in [-0.2, 0) is 23.8 Å². The van der Waals surface area contributed by atoms with Crippen molar-refractivity contribution >= 4 is 11.9 Å². The van der Waals surface area contributed by atoms with Gasteiger partial charge in [0.15, 0.2) is 0 Å². The van der Waals surface area contributed by atoms with Gasteiger partial charge in [-0.05, 0) is 26.8 Å². The molecule has 1 aliphatic heterocycles.